The molecule has 1 fully saturated rings. The average molecular weight is 350 g/mol. The highest BCUT2D eigenvalue weighted by Gasteiger charge is 2.32. The fourth-order valence-corrected chi connectivity index (χ4v) is 3.66. The second kappa shape index (κ2) is 8.65. The Kier molecular flexibility index (Phi) is 6.05. The van der Waals surface area contributed by atoms with Crippen molar-refractivity contribution in [3.05, 3.63) is 60.7 Å². The van der Waals surface area contributed by atoms with E-state index in [1.165, 1.54) is 0 Å². The van der Waals surface area contributed by atoms with Crippen molar-refractivity contribution < 1.29 is 9.59 Å². The Morgan fingerprint density at radius 3 is 2.00 bits per heavy atom. The summed E-state index contributed by atoms with van der Waals surface area (Å²) in [6.45, 7) is 2.67. The molecule has 1 aliphatic carbocycles. The van der Waals surface area contributed by atoms with Gasteiger partial charge in [-0.3, -0.25) is 9.59 Å². The molecule has 2 aromatic rings. The number of carbonyl (C=O) groups is 2. The normalized spacial score (nSPS) is 19.6. The van der Waals surface area contributed by atoms with Crippen molar-refractivity contribution in [2.24, 2.45) is 11.8 Å². The van der Waals surface area contributed by atoms with Gasteiger partial charge in [-0.05, 0) is 56.9 Å². The molecular weight excluding hydrogens is 324 g/mol. The fourth-order valence-electron chi connectivity index (χ4n) is 3.66. The van der Waals surface area contributed by atoms with Gasteiger partial charge in [-0.25, -0.2) is 0 Å². The summed E-state index contributed by atoms with van der Waals surface area (Å²) in [5.74, 6) is 0.250. The molecule has 1 aliphatic rings. The third kappa shape index (κ3) is 4.31. The first-order valence-corrected chi connectivity index (χ1v) is 9.41. The van der Waals surface area contributed by atoms with Gasteiger partial charge in [0.1, 0.15) is 0 Å². The molecule has 0 radical (unpaired) electrons. The van der Waals surface area contributed by atoms with E-state index in [1.54, 1.807) is 0 Å². The van der Waals surface area contributed by atoms with Crippen LogP contribution in [0.1, 0.15) is 32.6 Å². The van der Waals surface area contributed by atoms with Gasteiger partial charge in [0.05, 0.1) is 0 Å². The molecule has 26 heavy (non-hydrogen) atoms. The molecule has 2 amide bonds. The van der Waals surface area contributed by atoms with Crippen molar-refractivity contribution in [2.75, 3.05) is 16.8 Å². The number of nitrogens with zero attached hydrogens (tertiary/aromatic N) is 1. The molecule has 0 unspecified atom stereocenters. The molecule has 0 heterocycles. The molecule has 1 N–H and O–H groups in total. The molecule has 2 aromatic carbocycles. The van der Waals surface area contributed by atoms with Crippen LogP contribution in [-0.4, -0.2) is 18.4 Å². The van der Waals surface area contributed by atoms with Gasteiger partial charge < -0.3 is 10.2 Å². The van der Waals surface area contributed by atoms with Gasteiger partial charge in [-0.1, -0.05) is 36.4 Å². The lowest BCUT2D eigenvalue weighted by atomic mass is 9.80. The van der Waals surface area contributed by atoms with Crippen molar-refractivity contribution in [1.29, 1.82) is 0 Å². The minimum absolute atomic E-state index is 0.00828. The van der Waals surface area contributed by atoms with E-state index in [-0.39, 0.29) is 23.7 Å². The maximum absolute atomic E-state index is 12.9. The summed E-state index contributed by atoms with van der Waals surface area (Å²) in [7, 11) is 0. The Hall–Kier alpha value is -2.62. The van der Waals surface area contributed by atoms with Crippen LogP contribution in [0.4, 0.5) is 11.4 Å². The summed E-state index contributed by atoms with van der Waals surface area (Å²) >= 11 is 0. The van der Waals surface area contributed by atoms with Crippen LogP contribution in [0, 0.1) is 11.8 Å². The Balaban J connectivity index is 1.56. The van der Waals surface area contributed by atoms with Crippen LogP contribution >= 0.6 is 0 Å². The number of para-hydroxylation sites is 2. The van der Waals surface area contributed by atoms with Crippen molar-refractivity contribution >= 4 is 23.2 Å². The van der Waals surface area contributed by atoms with Crippen LogP contribution in [0.5, 0.6) is 0 Å². The first kappa shape index (κ1) is 18.2. The standard InChI is InChI=1S/C22H26N2O2/c1-2-24(20-11-7-4-8-12-20)22(26)18-15-13-17(14-16-18)21(25)23-19-9-5-3-6-10-19/h3-12,17-18H,2,13-16H2,1H3,(H,23,25). The summed E-state index contributed by atoms with van der Waals surface area (Å²) in [6, 6.07) is 19.4. The maximum atomic E-state index is 12.9. The molecule has 0 atom stereocenters. The van der Waals surface area contributed by atoms with Gasteiger partial charge in [0.2, 0.25) is 11.8 Å². The summed E-state index contributed by atoms with van der Waals surface area (Å²) < 4.78 is 0. The SMILES string of the molecule is CCN(C(=O)C1CCC(C(=O)Nc2ccccc2)CC1)c1ccccc1. The van der Waals surface area contributed by atoms with E-state index in [2.05, 4.69) is 5.32 Å². The van der Waals surface area contributed by atoms with Gasteiger partial charge in [-0.2, -0.15) is 0 Å². The molecule has 0 saturated heterocycles. The quantitative estimate of drug-likeness (QED) is 0.864. The monoisotopic (exact) mass is 350 g/mol. The van der Waals surface area contributed by atoms with Crippen LogP contribution in [0.25, 0.3) is 0 Å². The molecule has 3 rings (SSSR count). The van der Waals surface area contributed by atoms with E-state index in [1.807, 2.05) is 72.5 Å². The summed E-state index contributed by atoms with van der Waals surface area (Å²) in [6.07, 6.45) is 3.08. The topological polar surface area (TPSA) is 49.4 Å². The molecule has 4 nitrogen and oxygen atoms in total. The fraction of sp³-hybridized carbons (Fsp3) is 0.364. The Morgan fingerprint density at radius 2 is 1.42 bits per heavy atom. The van der Waals surface area contributed by atoms with Crippen LogP contribution in [0.2, 0.25) is 0 Å². The van der Waals surface area contributed by atoms with Crippen LogP contribution in [0.15, 0.2) is 60.7 Å². The number of anilines is 2. The van der Waals surface area contributed by atoms with Gasteiger partial charge >= 0.3 is 0 Å². The highest BCUT2D eigenvalue weighted by atomic mass is 16.2. The van der Waals surface area contributed by atoms with E-state index in [0.717, 1.165) is 37.1 Å². The minimum atomic E-state index is -0.00828. The van der Waals surface area contributed by atoms with Crippen LogP contribution in [0.3, 0.4) is 0 Å². The third-order valence-electron chi connectivity index (χ3n) is 5.14. The highest BCUT2D eigenvalue weighted by molar-refractivity contribution is 5.96. The molecule has 4 heteroatoms. The van der Waals surface area contributed by atoms with Gasteiger partial charge in [-0.15, -0.1) is 0 Å². The zero-order valence-corrected chi connectivity index (χ0v) is 15.2. The van der Waals surface area contributed by atoms with Crippen LogP contribution < -0.4 is 10.2 Å². The molecule has 0 bridgehead atoms. The minimum Gasteiger partial charge on any atom is -0.326 e. The number of hydrogen-bond donors (Lipinski definition) is 1. The maximum Gasteiger partial charge on any atom is 0.230 e. The number of hydrogen-bond acceptors (Lipinski definition) is 2. The van der Waals surface area contributed by atoms with E-state index >= 15 is 0 Å². The third-order valence-corrected chi connectivity index (χ3v) is 5.14. The van der Waals surface area contributed by atoms with E-state index in [9.17, 15) is 9.59 Å². The smallest absolute Gasteiger partial charge is 0.230 e. The Bertz CT molecular complexity index is 722. The molecule has 1 saturated carbocycles. The van der Waals surface area contributed by atoms with E-state index in [4.69, 9.17) is 0 Å². The van der Waals surface area contributed by atoms with Gasteiger partial charge in [0.15, 0.2) is 0 Å². The zero-order valence-electron chi connectivity index (χ0n) is 15.2. The lowest BCUT2D eigenvalue weighted by molar-refractivity contribution is -0.126. The van der Waals surface area contributed by atoms with Crippen LogP contribution in [-0.2, 0) is 9.59 Å². The number of carbonyl (C=O) groups excluding carboxylic acids is 2. The van der Waals surface area contributed by atoms with E-state index < -0.39 is 0 Å². The van der Waals surface area contributed by atoms with Gasteiger partial charge in [0, 0.05) is 29.8 Å². The predicted molar refractivity (Wildman–Crippen MR) is 105 cm³/mol. The number of benzene rings is 2. The average Bonchev–Trinajstić information content (AvgIpc) is 2.70. The lowest BCUT2D eigenvalue weighted by Crippen LogP contribution is -2.39. The molecule has 0 aromatic heterocycles. The van der Waals surface area contributed by atoms with Gasteiger partial charge in [0.25, 0.3) is 0 Å². The number of rotatable bonds is 5. The van der Waals surface area contributed by atoms with Crippen molar-refractivity contribution in [2.45, 2.75) is 32.6 Å². The summed E-state index contributed by atoms with van der Waals surface area (Å²) in [5, 5.41) is 2.98. The second-order valence-electron chi connectivity index (χ2n) is 6.82. The molecule has 136 valence electrons. The molecule has 0 aliphatic heterocycles. The largest absolute Gasteiger partial charge is 0.326 e. The molecular formula is C22H26N2O2. The van der Waals surface area contributed by atoms with Crippen molar-refractivity contribution in [3.63, 3.8) is 0 Å². The summed E-state index contributed by atoms with van der Waals surface area (Å²) in [5.41, 5.74) is 1.78. The number of amides is 2. The Morgan fingerprint density at radius 1 is 0.885 bits per heavy atom. The van der Waals surface area contributed by atoms with Crippen molar-refractivity contribution in [1.82, 2.24) is 0 Å². The van der Waals surface area contributed by atoms with E-state index in [0.29, 0.717) is 6.54 Å². The zero-order chi connectivity index (χ0) is 18.4. The predicted octanol–water partition coefficient (Wildman–Crippen LogP) is 4.48. The lowest BCUT2D eigenvalue weighted by Gasteiger charge is -2.31. The Labute approximate surface area is 155 Å². The first-order chi connectivity index (χ1) is 12.7. The van der Waals surface area contributed by atoms with Crippen molar-refractivity contribution in [3.8, 4) is 0 Å². The highest BCUT2D eigenvalue weighted by Crippen LogP contribution is 2.32. The molecule has 0 spiro atoms. The summed E-state index contributed by atoms with van der Waals surface area (Å²) in [4.78, 5) is 27.2. The second-order valence-corrected chi connectivity index (χ2v) is 6.82. The number of nitrogens with one attached hydrogen (secondary N) is 1. The first-order valence-electron chi connectivity index (χ1n) is 9.41.